The Balaban J connectivity index is 2.30. The zero-order chi connectivity index (χ0) is 30.6. The van der Waals surface area contributed by atoms with E-state index in [-0.39, 0.29) is 25.4 Å². The summed E-state index contributed by atoms with van der Waals surface area (Å²) in [5.74, 6) is -3.77. The third-order valence-corrected chi connectivity index (χ3v) is 7.87. The summed E-state index contributed by atoms with van der Waals surface area (Å²) < 4.78 is 4.13. The lowest BCUT2D eigenvalue weighted by Crippen LogP contribution is -2.61. The minimum atomic E-state index is -1.22. The SMILES string of the molecule is C=CCCNC(=O)C(=O)C(CCC=C)NC(=O)[C@@H]1[C@@H]2[C@H](CN1C(=O)C(NC(=O)OC(C)(C)C)C(C)(C)C)C2(Cl)Cl. The molecule has 2 fully saturated rings. The molecule has 1 aliphatic heterocycles. The smallest absolute Gasteiger partial charge is 0.408 e. The third-order valence-electron chi connectivity index (χ3n) is 6.81. The van der Waals surface area contributed by atoms with Gasteiger partial charge in [0, 0.05) is 24.9 Å². The van der Waals surface area contributed by atoms with Gasteiger partial charge in [0.25, 0.3) is 5.91 Å². The van der Waals surface area contributed by atoms with E-state index in [0.29, 0.717) is 12.8 Å². The van der Waals surface area contributed by atoms with Crippen molar-refractivity contribution in [2.45, 2.75) is 88.9 Å². The van der Waals surface area contributed by atoms with Gasteiger partial charge in [-0.25, -0.2) is 4.79 Å². The molecule has 2 unspecified atom stereocenters. The number of hydrogen-bond acceptors (Lipinski definition) is 6. The number of allylic oxidation sites excluding steroid dienone is 1. The quantitative estimate of drug-likeness (QED) is 0.136. The highest BCUT2D eigenvalue weighted by Gasteiger charge is 2.74. The Morgan fingerprint density at radius 2 is 1.62 bits per heavy atom. The third kappa shape index (κ3) is 8.22. The summed E-state index contributed by atoms with van der Waals surface area (Å²) in [6, 6.07) is -3.30. The highest BCUT2D eigenvalue weighted by molar-refractivity contribution is 6.51. The minimum absolute atomic E-state index is 0.0878. The fourth-order valence-corrected chi connectivity index (χ4v) is 5.54. The molecule has 1 aliphatic carbocycles. The zero-order valence-electron chi connectivity index (χ0n) is 24.1. The second-order valence-corrected chi connectivity index (χ2v) is 13.8. The summed E-state index contributed by atoms with van der Waals surface area (Å²) in [4.78, 5) is 66.8. The molecule has 2 rings (SSSR count). The lowest BCUT2D eigenvalue weighted by atomic mass is 9.85. The summed E-state index contributed by atoms with van der Waals surface area (Å²) >= 11 is 12.9. The molecule has 10 nitrogen and oxygen atoms in total. The molecule has 0 aromatic rings. The van der Waals surface area contributed by atoms with Crippen LogP contribution < -0.4 is 16.0 Å². The number of fused-ring (bicyclic) bond motifs is 1. The molecule has 1 heterocycles. The first kappa shape index (κ1) is 33.6. The summed E-state index contributed by atoms with van der Waals surface area (Å²) in [5.41, 5.74) is -1.53. The van der Waals surface area contributed by atoms with E-state index in [1.807, 2.05) is 0 Å². The van der Waals surface area contributed by atoms with Crippen molar-refractivity contribution in [1.29, 1.82) is 0 Å². The van der Waals surface area contributed by atoms with Crippen molar-refractivity contribution in [3.8, 4) is 0 Å². The molecule has 224 valence electrons. The molecule has 0 bridgehead atoms. The van der Waals surface area contributed by atoms with Crippen LogP contribution in [0.4, 0.5) is 4.79 Å². The molecule has 1 saturated heterocycles. The predicted octanol–water partition coefficient (Wildman–Crippen LogP) is 3.27. The van der Waals surface area contributed by atoms with Crippen molar-refractivity contribution in [3.05, 3.63) is 25.3 Å². The van der Waals surface area contributed by atoms with Gasteiger partial charge in [0.1, 0.15) is 22.0 Å². The van der Waals surface area contributed by atoms with Gasteiger partial charge >= 0.3 is 6.09 Å². The maximum Gasteiger partial charge on any atom is 0.408 e. The van der Waals surface area contributed by atoms with E-state index in [9.17, 15) is 24.0 Å². The van der Waals surface area contributed by atoms with E-state index >= 15 is 0 Å². The number of alkyl halides is 2. The number of piperidine rings is 1. The first-order chi connectivity index (χ1) is 18.4. The van der Waals surface area contributed by atoms with Crippen LogP contribution in [-0.4, -0.2) is 75.6 Å². The Labute approximate surface area is 246 Å². The number of ketones is 1. The molecule has 12 heteroatoms. The second-order valence-electron chi connectivity index (χ2n) is 12.3. The number of nitrogens with zero attached hydrogens (tertiary/aromatic N) is 1. The summed E-state index contributed by atoms with van der Waals surface area (Å²) in [6.45, 7) is 18.0. The van der Waals surface area contributed by atoms with E-state index in [1.54, 1.807) is 53.7 Å². The lowest BCUT2D eigenvalue weighted by molar-refractivity contribution is -0.145. The molecule has 0 spiro atoms. The van der Waals surface area contributed by atoms with Crippen LogP contribution >= 0.6 is 23.2 Å². The fraction of sp³-hybridized carbons (Fsp3) is 0.679. The number of alkyl carbamates (subject to hydrolysis) is 1. The van der Waals surface area contributed by atoms with Gasteiger partial charge in [0.2, 0.25) is 17.6 Å². The number of Topliss-reactive ketones (excluding diaryl/α,β-unsaturated/α-hetero) is 1. The average molecular weight is 602 g/mol. The monoisotopic (exact) mass is 600 g/mol. The molecular formula is C28H42Cl2N4O6. The van der Waals surface area contributed by atoms with Crippen LogP contribution in [0.5, 0.6) is 0 Å². The van der Waals surface area contributed by atoms with Crippen molar-refractivity contribution < 1.29 is 28.7 Å². The normalized spacial score (nSPS) is 22.7. The maximum atomic E-state index is 13.9. The van der Waals surface area contributed by atoms with Crippen molar-refractivity contribution >= 4 is 52.8 Å². The minimum Gasteiger partial charge on any atom is -0.444 e. The standard InChI is InChI=1S/C28H42Cl2N4O6/c1-9-11-13-17(20(35)23(37)31-14-12-10-2)32-22(36)19-18-16(28(18,29)30)15-34(19)24(38)21(26(3,4)5)33-25(39)40-27(6,7)8/h9-10,16-19,21H,1-2,11-15H2,3-8H3,(H,31,37)(H,32,36)(H,33,39)/t16-,17?,18-,19-,21?/m0/s1. The largest absolute Gasteiger partial charge is 0.444 e. The number of rotatable bonds is 12. The van der Waals surface area contributed by atoms with Crippen LogP contribution in [0.2, 0.25) is 0 Å². The second kappa shape index (κ2) is 12.9. The van der Waals surface area contributed by atoms with Gasteiger partial charge in [-0.2, -0.15) is 0 Å². The number of hydrogen-bond donors (Lipinski definition) is 3. The van der Waals surface area contributed by atoms with Crippen LogP contribution in [0, 0.1) is 17.3 Å². The fourth-order valence-electron chi connectivity index (χ4n) is 4.72. The number of amides is 4. The maximum absolute atomic E-state index is 13.9. The van der Waals surface area contributed by atoms with E-state index in [1.165, 1.54) is 4.90 Å². The molecule has 1 saturated carbocycles. The molecule has 0 radical (unpaired) electrons. The van der Waals surface area contributed by atoms with E-state index in [4.69, 9.17) is 27.9 Å². The van der Waals surface area contributed by atoms with Gasteiger partial charge in [-0.15, -0.1) is 36.4 Å². The van der Waals surface area contributed by atoms with Crippen LogP contribution in [0.25, 0.3) is 0 Å². The van der Waals surface area contributed by atoms with Gasteiger partial charge in [0.05, 0.1) is 6.04 Å². The predicted molar refractivity (Wildman–Crippen MR) is 154 cm³/mol. The van der Waals surface area contributed by atoms with Crippen molar-refractivity contribution in [3.63, 3.8) is 0 Å². The highest BCUT2D eigenvalue weighted by atomic mass is 35.5. The van der Waals surface area contributed by atoms with Crippen molar-refractivity contribution in [1.82, 2.24) is 20.9 Å². The first-order valence-corrected chi connectivity index (χ1v) is 14.1. The molecule has 4 amide bonds. The van der Waals surface area contributed by atoms with Gasteiger partial charge in [-0.1, -0.05) is 32.9 Å². The van der Waals surface area contributed by atoms with Gasteiger partial charge in [-0.3, -0.25) is 19.2 Å². The number of carbonyl (C=O) groups excluding carboxylic acids is 5. The number of halogens is 2. The van der Waals surface area contributed by atoms with Crippen LogP contribution in [0.1, 0.15) is 60.8 Å². The average Bonchev–Trinajstić information content (AvgIpc) is 3.15. The van der Waals surface area contributed by atoms with Gasteiger partial charge < -0.3 is 25.6 Å². The first-order valence-electron chi connectivity index (χ1n) is 13.4. The molecular weight excluding hydrogens is 559 g/mol. The Morgan fingerprint density at radius 1 is 1.02 bits per heavy atom. The Hall–Kier alpha value is -2.59. The zero-order valence-corrected chi connectivity index (χ0v) is 25.7. The number of carbonyl (C=O) groups is 5. The van der Waals surface area contributed by atoms with Gasteiger partial charge in [-0.05, 0) is 45.4 Å². The van der Waals surface area contributed by atoms with E-state index in [2.05, 4.69) is 29.1 Å². The van der Waals surface area contributed by atoms with Crippen molar-refractivity contribution in [2.24, 2.45) is 17.3 Å². The lowest BCUT2D eigenvalue weighted by Gasteiger charge is -2.37. The molecule has 3 N–H and O–H groups in total. The Kier molecular flexibility index (Phi) is 10.9. The molecule has 2 aliphatic rings. The Bertz CT molecular complexity index is 1030. The Morgan fingerprint density at radius 3 is 2.15 bits per heavy atom. The number of nitrogens with one attached hydrogen (secondary N) is 3. The molecule has 5 atom stereocenters. The van der Waals surface area contributed by atoms with Crippen molar-refractivity contribution in [2.75, 3.05) is 13.1 Å². The summed E-state index contributed by atoms with van der Waals surface area (Å²) in [5, 5.41) is 7.81. The van der Waals surface area contributed by atoms with Gasteiger partial charge in [0.15, 0.2) is 0 Å². The topological polar surface area (TPSA) is 134 Å². The summed E-state index contributed by atoms with van der Waals surface area (Å²) in [6.07, 6.45) is 3.37. The van der Waals surface area contributed by atoms with E-state index in [0.717, 1.165) is 0 Å². The molecule has 0 aromatic carbocycles. The highest BCUT2D eigenvalue weighted by Crippen LogP contribution is 2.65. The molecule has 0 aromatic heterocycles. The molecule has 40 heavy (non-hydrogen) atoms. The summed E-state index contributed by atoms with van der Waals surface area (Å²) in [7, 11) is 0. The van der Waals surface area contributed by atoms with Crippen LogP contribution in [-0.2, 0) is 23.9 Å². The number of likely N-dealkylation sites (tertiary alicyclic amines) is 1. The van der Waals surface area contributed by atoms with Crippen LogP contribution in [0.3, 0.4) is 0 Å². The van der Waals surface area contributed by atoms with E-state index < -0.39 is 69.0 Å². The number of ether oxygens (including phenoxy) is 1. The van der Waals surface area contributed by atoms with Crippen LogP contribution in [0.15, 0.2) is 25.3 Å².